The van der Waals surface area contributed by atoms with Crippen LogP contribution in [0.25, 0.3) is 0 Å². The summed E-state index contributed by atoms with van der Waals surface area (Å²) in [6.07, 6.45) is -10.4. The second-order valence-corrected chi connectivity index (χ2v) is 8.39. The fraction of sp³-hybridized carbons (Fsp3) is 0.938. The maximum absolute atomic E-state index is 13.7. The van der Waals surface area contributed by atoms with E-state index < -0.39 is 96.5 Å². The van der Waals surface area contributed by atoms with Gasteiger partial charge in [-0.15, -0.1) is 0 Å². The Labute approximate surface area is 225 Å². The lowest BCUT2D eigenvalue weighted by Gasteiger charge is -2.46. The van der Waals surface area contributed by atoms with Crippen molar-refractivity contribution in [3.8, 4) is 0 Å². The highest BCUT2D eigenvalue weighted by Crippen LogP contribution is 2.68. The Hall–Kier alpha value is -2.03. The van der Waals surface area contributed by atoms with E-state index in [0.29, 0.717) is 0 Å². The minimum Gasteiger partial charge on any atom is -0.241 e. The Kier molecular flexibility index (Phi) is 10.0. The molecule has 0 saturated heterocycles. The summed E-state index contributed by atoms with van der Waals surface area (Å²) in [5, 5.41) is 0. The molecule has 0 saturated carbocycles. The summed E-state index contributed by atoms with van der Waals surface area (Å²) >= 11 is 0. The molecule has 0 fully saturated rings. The molecule has 0 N–H and O–H groups in total. The molecule has 0 aliphatic heterocycles. The van der Waals surface area contributed by atoms with Crippen molar-refractivity contribution < 1.29 is 127 Å². The van der Waals surface area contributed by atoms with E-state index in [4.69, 9.17) is 0 Å². The van der Waals surface area contributed by atoms with E-state index in [9.17, 15) is 127 Å². The van der Waals surface area contributed by atoms with E-state index in [1.54, 1.807) is 0 Å². The number of alkyl halides is 27. The van der Waals surface area contributed by atoms with Crippen molar-refractivity contribution in [2.75, 3.05) is 0 Å². The monoisotopic (exact) mass is 747 g/mol. The van der Waals surface area contributed by atoms with Gasteiger partial charge in [0.05, 0.1) is 0 Å². The second-order valence-electron chi connectivity index (χ2n) is 8.39. The molecule has 1 radical (unpaired) electrons. The van der Waals surface area contributed by atoms with Crippen LogP contribution in [0, 0.1) is 6.43 Å². The molecule has 0 amide bonds. The van der Waals surface area contributed by atoms with Crippen LogP contribution in [0.15, 0.2) is 0 Å². The summed E-state index contributed by atoms with van der Waals surface area (Å²) in [6.45, 7) is -0.971. The summed E-state index contributed by atoms with van der Waals surface area (Å²) < 4.78 is 384. The lowest BCUT2D eigenvalue weighted by atomic mass is 9.83. The van der Waals surface area contributed by atoms with Gasteiger partial charge in [-0.25, -0.2) is 4.39 Å². The first-order chi connectivity index (χ1) is 18.9. The quantitative estimate of drug-likeness (QED) is 0.155. The van der Waals surface area contributed by atoms with E-state index in [1.165, 1.54) is 0 Å². The molecule has 0 bridgehead atoms. The first-order valence-electron chi connectivity index (χ1n) is 9.63. The van der Waals surface area contributed by atoms with Gasteiger partial charge in [-0.2, -0.15) is 123 Å². The topological polar surface area (TPSA) is 0 Å². The van der Waals surface area contributed by atoms with Gasteiger partial charge < -0.3 is 0 Å². The Morgan fingerprint density at radius 2 is 0.467 bits per heavy atom. The van der Waals surface area contributed by atoms with Gasteiger partial charge in [-0.3, -0.25) is 0 Å². The van der Waals surface area contributed by atoms with Crippen LogP contribution in [-0.4, -0.2) is 83.2 Å². The lowest BCUT2D eigenvalue weighted by molar-refractivity contribution is -0.483. The summed E-state index contributed by atoms with van der Waals surface area (Å²) in [6, 6.07) is 0. The average Bonchev–Trinajstić information content (AvgIpc) is 2.81. The van der Waals surface area contributed by atoms with E-state index in [2.05, 4.69) is 0 Å². The predicted molar refractivity (Wildman–Crippen MR) is 80.3 cm³/mol. The zero-order chi connectivity index (χ0) is 37.7. The van der Waals surface area contributed by atoms with Gasteiger partial charge in [-0.05, 0) is 6.92 Å². The molecule has 0 rings (SSSR count). The number of hydrogen-bond acceptors (Lipinski definition) is 0. The van der Waals surface area contributed by atoms with Crippen LogP contribution in [0.1, 0.15) is 6.92 Å². The highest BCUT2D eigenvalue weighted by molar-refractivity contribution is 5.21. The minimum atomic E-state index is -9.88. The molecule has 0 aromatic carbocycles. The van der Waals surface area contributed by atoms with Crippen LogP contribution in [0.4, 0.5) is 127 Å². The molecule has 0 spiro atoms. The van der Waals surface area contributed by atoms with Crippen molar-refractivity contribution in [1.29, 1.82) is 0 Å². The molecule has 271 valence electrons. The van der Waals surface area contributed by atoms with Gasteiger partial charge >= 0.3 is 83.4 Å². The molecule has 1 atom stereocenters. The Morgan fingerprint density at radius 3 is 0.622 bits per heavy atom. The molecule has 0 aromatic heterocycles. The maximum Gasteiger partial charge on any atom is 0.385 e. The Morgan fingerprint density at radius 1 is 0.311 bits per heavy atom. The fourth-order valence-corrected chi connectivity index (χ4v) is 2.55. The van der Waals surface area contributed by atoms with Crippen molar-refractivity contribution in [3.63, 3.8) is 0 Å². The lowest BCUT2D eigenvalue weighted by Crippen LogP contribution is -2.79. The zero-order valence-electron chi connectivity index (χ0n) is 19.5. The third-order valence-electron chi connectivity index (χ3n) is 5.49. The van der Waals surface area contributed by atoms with Gasteiger partial charge in [0.2, 0.25) is 0 Å². The highest BCUT2D eigenvalue weighted by Gasteiger charge is 3.00. The van der Waals surface area contributed by atoms with Gasteiger partial charge in [0.1, 0.15) is 0 Å². The van der Waals surface area contributed by atoms with Gasteiger partial charge in [0, 0.05) is 0 Å². The SMILES string of the molecule is CC(F)C(F)(F)C(F)(F)C(F)(F)C(F)(F)C(F)(F)C(F)(F)C(F)(F)C(F)(F)C(F)(F)C(F)(F)C(F)(F)C(F)(F)C(F)(F)[C](F)F. The summed E-state index contributed by atoms with van der Waals surface area (Å²) in [4.78, 5) is 0. The third kappa shape index (κ3) is 4.82. The summed E-state index contributed by atoms with van der Waals surface area (Å²) in [7, 11) is 0. The van der Waals surface area contributed by atoms with Crippen molar-refractivity contribution in [1.82, 2.24) is 0 Å². The smallest absolute Gasteiger partial charge is 0.241 e. The average molecular weight is 747 g/mol. The second kappa shape index (κ2) is 10.5. The number of hydrogen-bond donors (Lipinski definition) is 0. The fourth-order valence-electron chi connectivity index (χ4n) is 2.55. The van der Waals surface area contributed by atoms with Crippen molar-refractivity contribution in [2.45, 2.75) is 90.1 Å². The molecule has 29 heteroatoms. The van der Waals surface area contributed by atoms with Crippen LogP contribution in [-0.2, 0) is 0 Å². The summed E-state index contributed by atoms with van der Waals surface area (Å²) in [5.41, 5.74) is 0. The van der Waals surface area contributed by atoms with Crippen LogP contribution >= 0.6 is 0 Å². The van der Waals surface area contributed by atoms with E-state index in [0.717, 1.165) is 0 Å². The van der Waals surface area contributed by atoms with Gasteiger partial charge in [0.25, 0.3) is 0 Å². The van der Waals surface area contributed by atoms with Gasteiger partial charge in [-0.1, -0.05) is 0 Å². The zero-order valence-corrected chi connectivity index (χ0v) is 19.5. The van der Waals surface area contributed by atoms with Crippen LogP contribution in [0.3, 0.4) is 0 Å². The van der Waals surface area contributed by atoms with E-state index in [1.807, 2.05) is 0 Å². The predicted octanol–water partition coefficient (Wildman–Crippen LogP) is 10.0. The highest BCUT2D eigenvalue weighted by atomic mass is 19.4. The molecule has 0 aliphatic rings. The Balaban J connectivity index is 7.52. The first-order valence-corrected chi connectivity index (χ1v) is 9.63. The molecular formula is C16H4F29. The van der Waals surface area contributed by atoms with Crippen molar-refractivity contribution >= 4 is 0 Å². The molecule has 0 aliphatic carbocycles. The molecule has 0 heterocycles. The van der Waals surface area contributed by atoms with E-state index >= 15 is 0 Å². The molecule has 0 aromatic rings. The number of halogens is 29. The minimum absolute atomic E-state index is 0.971. The largest absolute Gasteiger partial charge is 0.385 e. The van der Waals surface area contributed by atoms with E-state index in [-0.39, 0.29) is 0 Å². The van der Waals surface area contributed by atoms with Gasteiger partial charge in [0.15, 0.2) is 6.17 Å². The van der Waals surface area contributed by atoms with Crippen LogP contribution < -0.4 is 0 Å². The molecule has 1 unspecified atom stereocenters. The third-order valence-corrected chi connectivity index (χ3v) is 5.49. The van der Waals surface area contributed by atoms with Crippen LogP contribution in [0.5, 0.6) is 0 Å². The molecular weight excluding hydrogens is 743 g/mol. The summed E-state index contributed by atoms with van der Waals surface area (Å²) in [5.74, 6) is -120. The first kappa shape index (κ1) is 43.0. The molecule has 45 heavy (non-hydrogen) atoms. The van der Waals surface area contributed by atoms with Crippen molar-refractivity contribution in [3.05, 3.63) is 6.43 Å². The molecule has 0 nitrogen and oxygen atoms in total. The number of rotatable bonds is 14. The normalized spacial score (nSPS) is 17.7. The Bertz CT molecular complexity index is 978. The standard InChI is InChI=1S/C16H4F29/c1-2(17)4(20,21)6(24,25)8(28,29)10(32,33)12(36,37)14(40,41)16(44,45)15(42,43)13(38,39)11(34,35)9(30,31)7(26,27)5(22,23)3(18)19/h2H,1H3. The van der Waals surface area contributed by atoms with Crippen LogP contribution in [0.2, 0.25) is 0 Å². The maximum atomic E-state index is 13.7. The van der Waals surface area contributed by atoms with Crippen molar-refractivity contribution in [2.24, 2.45) is 0 Å².